The second-order valence-corrected chi connectivity index (χ2v) is 4.34. The van der Waals surface area contributed by atoms with E-state index in [1.54, 1.807) is 17.7 Å². The molecule has 0 saturated carbocycles. The summed E-state index contributed by atoms with van der Waals surface area (Å²) in [4.78, 5) is 5.36. The van der Waals surface area contributed by atoms with E-state index in [9.17, 15) is 0 Å². The molecule has 68 valence electrons. The van der Waals surface area contributed by atoms with E-state index in [-0.39, 0.29) is 0 Å². The van der Waals surface area contributed by atoms with Crippen LogP contribution in [0.25, 0.3) is 0 Å². The minimum absolute atomic E-state index is 0.644. The molecule has 1 N–H and O–H groups in total. The number of hydrogen-bond donors (Lipinski definition) is 1. The summed E-state index contributed by atoms with van der Waals surface area (Å²) in [5.74, 6) is 0. The Labute approximate surface area is 84.3 Å². The lowest BCUT2D eigenvalue weighted by atomic mass is 10.5. The van der Waals surface area contributed by atoms with Crippen LogP contribution in [-0.2, 0) is 6.54 Å². The van der Waals surface area contributed by atoms with Gasteiger partial charge in [0.25, 0.3) is 0 Å². The van der Waals surface area contributed by atoms with E-state index in [0.29, 0.717) is 4.77 Å². The number of rotatable bonds is 2. The van der Waals surface area contributed by atoms with Crippen molar-refractivity contribution >= 4 is 23.6 Å². The maximum Gasteiger partial charge on any atom is 0.195 e. The molecule has 2 aromatic rings. The minimum Gasteiger partial charge on any atom is -0.301 e. The smallest absolute Gasteiger partial charge is 0.195 e. The van der Waals surface area contributed by atoms with Crippen molar-refractivity contribution in [2.24, 2.45) is 0 Å². The fraction of sp³-hybridized carbons (Fsp3) is 0.286. The second kappa shape index (κ2) is 3.39. The van der Waals surface area contributed by atoms with E-state index in [0.717, 1.165) is 11.6 Å². The summed E-state index contributed by atoms with van der Waals surface area (Å²) in [5.41, 5.74) is 0. The number of nitrogens with one attached hydrogen (secondary N) is 1. The largest absolute Gasteiger partial charge is 0.301 e. The molecule has 2 rings (SSSR count). The molecule has 0 radical (unpaired) electrons. The summed E-state index contributed by atoms with van der Waals surface area (Å²) in [7, 11) is 0. The number of thiazole rings is 1. The molecule has 0 aromatic carbocycles. The van der Waals surface area contributed by atoms with Gasteiger partial charge >= 0.3 is 0 Å². The van der Waals surface area contributed by atoms with Crippen LogP contribution in [0.4, 0.5) is 0 Å². The molecule has 0 bridgehead atoms. The highest BCUT2D eigenvalue weighted by Gasteiger charge is 1.99. The Morgan fingerprint density at radius 3 is 3.08 bits per heavy atom. The van der Waals surface area contributed by atoms with Crippen LogP contribution < -0.4 is 0 Å². The topological polar surface area (TPSA) is 46.5 Å². The lowest BCUT2D eigenvalue weighted by Gasteiger charge is -1.95. The van der Waals surface area contributed by atoms with Crippen molar-refractivity contribution in [3.05, 3.63) is 27.2 Å². The Balaban J connectivity index is 2.24. The van der Waals surface area contributed by atoms with Gasteiger partial charge in [0.05, 0.1) is 11.6 Å². The van der Waals surface area contributed by atoms with Crippen molar-refractivity contribution < 1.29 is 0 Å². The highest BCUT2D eigenvalue weighted by molar-refractivity contribution is 7.71. The molecule has 2 aromatic heterocycles. The minimum atomic E-state index is 0.644. The van der Waals surface area contributed by atoms with Gasteiger partial charge in [0.1, 0.15) is 6.33 Å². The highest BCUT2D eigenvalue weighted by atomic mass is 32.1. The van der Waals surface area contributed by atoms with Gasteiger partial charge in [-0.05, 0) is 19.1 Å². The van der Waals surface area contributed by atoms with E-state index >= 15 is 0 Å². The lowest BCUT2D eigenvalue weighted by molar-refractivity contribution is 0.792. The Kier molecular flexibility index (Phi) is 2.24. The van der Waals surface area contributed by atoms with Crippen LogP contribution in [0.1, 0.15) is 9.88 Å². The molecule has 2 heterocycles. The van der Waals surface area contributed by atoms with Gasteiger partial charge in [0.2, 0.25) is 0 Å². The van der Waals surface area contributed by atoms with Gasteiger partial charge in [-0.15, -0.1) is 11.3 Å². The summed E-state index contributed by atoms with van der Waals surface area (Å²) in [6.07, 6.45) is 3.56. The monoisotopic (exact) mass is 212 g/mol. The van der Waals surface area contributed by atoms with Crippen LogP contribution in [0.3, 0.4) is 0 Å². The Morgan fingerprint density at radius 2 is 2.54 bits per heavy atom. The van der Waals surface area contributed by atoms with E-state index in [2.05, 4.69) is 15.2 Å². The first-order chi connectivity index (χ1) is 6.25. The summed E-state index contributed by atoms with van der Waals surface area (Å²) < 4.78 is 2.52. The van der Waals surface area contributed by atoms with E-state index in [4.69, 9.17) is 12.2 Å². The normalized spacial score (nSPS) is 10.5. The zero-order chi connectivity index (χ0) is 9.26. The molecule has 0 amide bonds. The number of aryl methyl sites for hydroxylation is 1. The van der Waals surface area contributed by atoms with Crippen molar-refractivity contribution in [2.75, 3.05) is 0 Å². The second-order valence-electron chi connectivity index (χ2n) is 2.64. The SMILES string of the molecule is Cc1ncc(Cn2cn[nH]c2=S)s1. The van der Waals surface area contributed by atoms with Crippen LogP contribution >= 0.6 is 23.6 Å². The quantitative estimate of drug-likeness (QED) is 0.771. The molecule has 13 heavy (non-hydrogen) atoms. The summed E-state index contributed by atoms with van der Waals surface area (Å²) >= 11 is 6.70. The number of aromatic nitrogens is 4. The third-order valence-electron chi connectivity index (χ3n) is 1.61. The molecule has 4 nitrogen and oxygen atoms in total. The molecular weight excluding hydrogens is 204 g/mol. The maximum absolute atomic E-state index is 5.02. The fourth-order valence-electron chi connectivity index (χ4n) is 1.03. The highest BCUT2D eigenvalue weighted by Crippen LogP contribution is 2.12. The van der Waals surface area contributed by atoms with Crippen molar-refractivity contribution in [3.63, 3.8) is 0 Å². The molecule has 6 heteroatoms. The van der Waals surface area contributed by atoms with Gasteiger partial charge in [-0.3, -0.25) is 5.10 Å². The maximum atomic E-state index is 5.02. The first-order valence-corrected chi connectivity index (χ1v) is 4.99. The van der Waals surface area contributed by atoms with Crippen LogP contribution in [0.5, 0.6) is 0 Å². The average molecular weight is 212 g/mol. The summed E-state index contributed by atoms with van der Waals surface area (Å²) in [6.45, 7) is 2.74. The number of nitrogens with zero attached hydrogens (tertiary/aromatic N) is 3. The first-order valence-electron chi connectivity index (χ1n) is 3.77. The van der Waals surface area contributed by atoms with Crippen molar-refractivity contribution in [1.29, 1.82) is 0 Å². The standard InChI is InChI=1S/C7H8N4S2/c1-5-8-2-6(13-5)3-11-4-9-10-7(11)12/h2,4H,3H2,1H3,(H,10,12). The fourth-order valence-corrected chi connectivity index (χ4v) is 1.99. The molecule has 0 aliphatic carbocycles. The lowest BCUT2D eigenvalue weighted by Crippen LogP contribution is -1.95. The molecule has 0 atom stereocenters. The Bertz CT molecular complexity index is 453. The van der Waals surface area contributed by atoms with Crippen LogP contribution in [-0.4, -0.2) is 19.7 Å². The molecule has 0 saturated heterocycles. The van der Waals surface area contributed by atoms with E-state index < -0.39 is 0 Å². The predicted molar refractivity (Wildman–Crippen MR) is 53.4 cm³/mol. The van der Waals surface area contributed by atoms with Gasteiger partial charge in [0.15, 0.2) is 4.77 Å². The van der Waals surface area contributed by atoms with Crippen molar-refractivity contribution in [3.8, 4) is 0 Å². The Hall–Kier alpha value is -1.01. The number of aromatic amines is 1. The molecule has 0 fully saturated rings. The summed E-state index contributed by atoms with van der Waals surface area (Å²) in [5, 5.41) is 7.62. The van der Waals surface area contributed by atoms with Gasteiger partial charge in [-0.1, -0.05) is 0 Å². The van der Waals surface area contributed by atoms with Gasteiger partial charge < -0.3 is 4.57 Å². The third-order valence-corrected chi connectivity index (χ3v) is 2.84. The van der Waals surface area contributed by atoms with Crippen LogP contribution in [0, 0.1) is 11.7 Å². The van der Waals surface area contributed by atoms with Crippen LogP contribution in [0.15, 0.2) is 12.5 Å². The van der Waals surface area contributed by atoms with E-state index in [1.165, 1.54) is 4.88 Å². The molecule has 0 spiro atoms. The zero-order valence-electron chi connectivity index (χ0n) is 7.02. The molecular formula is C7H8N4S2. The van der Waals surface area contributed by atoms with Crippen molar-refractivity contribution in [1.82, 2.24) is 19.7 Å². The van der Waals surface area contributed by atoms with Gasteiger partial charge in [-0.25, -0.2) is 4.98 Å². The summed E-state index contributed by atoms with van der Waals surface area (Å²) in [6, 6.07) is 0. The predicted octanol–water partition coefficient (Wildman–Crippen LogP) is 1.75. The average Bonchev–Trinajstić information content (AvgIpc) is 2.64. The van der Waals surface area contributed by atoms with Crippen molar-refractivity contribution in [2.45, 2.75) is 13.5 Å². The van der Waals surface area contributed by atoms with E-state index in [1.807, 2.05) is 17.7 Å². The van der Waals surface area contributed by atoms with Gasteiger partial charge in [-0.2, -0.15) is 5.10 Å². The van der Waals surface area contributed by atoms with Crippen LogP contribution in [0.2, 0.25) is 0 Å². The first kappa shape index (κ1) is 8.58. The molecule has 0 unspecified atom stereocenters. The van der Waals surface area contributed by atoms with Gasteiger partial charge in [0, 0.05) is 11.1 Å². The third kappa shape index (κ3) is 1.84. The number of hydrogen-bond acceptors (Lipinski definition) is 4. The molecule has 0 aliphatic heterocycles. The zero-order valence-corrected chi connectivity index (χ0v) is 8.65. The molecule has 0 aliphatic rings. The number of H-pyrrole nitrogens is 1. The Morgan fingerprint density at radius 1 is 1.69 bits per heavy atom.